The summed E-state index contributed by atoms with van der Waals surface area (Å²) in [7, 11) is 0. The molecule has 2 heterocycles. The number of nitrogens with one attached hydrogen (secondary N) is 1. The fourth-order valence-corrected chi connectivity index (χ4v) is 2.18. The maximum atomic E-state index is 12.0. The second kappa shape index (κ2) is 6.51. The van der Waals surface area contributed by atoms with Crippen LogP contribution in [-0.4, -0.2) is 26.1 Å². The third-order valence-corrected chi connectivity index (χ3v) is 3.47. The van der Waals surface area contributed by atoms with Crippen molar-refractivity contribution in [1.29, 1.82) is 0 Å². The summed E-state index contributed by atoms with van der Waals surface area (Å²) in [5.41, 5.74) is 1.63. The molecule has 7 heteroatoms. The Morgan fingerprint density at radius 3 is 2.90 bits per heavy atom. The lowest BCUT2D eigenvalue weighted by Crippen LogP contribution is -2.24. The van der Waals surface area contributed by atoms with Gasteiger partial charge in [-0.3, -0.25) is 9.48 Å². The number of hydrogen-bond donors (Lipinski definition) is 1. The Kier molecular flexibility index (Phi) is 4.73. The predicted octanol–water partition coefficient (Wildman–Crippen LogP) is 1.81. The largest absolute Gasteiger partial charge is 0.381 e. The number of halogens is 1. The SMILES string of the molecule is C=CCn1ncc(NCCn2cc(C)cn2)c(Br)c1=O. The van der Waals surface area contributed by atoms with E-state index in [9.17, 15) is 4.79 Å². The first-order valence-corrected chi connectivity index (χ1v) is 7.00. The topological polar surface area (TPSA) is 64.7 Å². The highest BCUT2D eigenvalue weighted by Crippen LogP contribution is 2.15. The minimum atomic E-state index is -0.176. The first kappa shape index (κ1) is 14.5. The summed E-state index contributed by atoms with van der Waals surface area (Å²) >= 11 is 3.30. The van der Waals surface area contributed by atoms with E-state index in [0.29, 0.717) is 23.2 Å². The fraction of sp³-hybridized carbons (Fsp3) is 0.308. The maximum absolute atomic E-state index is 12.0. The van der Waals surface area contributed by atoms with E-state index < -0.39 is 0 Å². The third-order valence-electron chi connectivity index (χ3n) is 2.71. The molecule has 2 aromatic rings. The highest BCUT2D eigenvalue weighted by Gasteiger charge is 2.07. The zero-order valence-corrected chi connectivity index (χ0v) is 12.8. The van der Waals surface area contributed by atoms with Crippen molar-refractivity contribution in [3.05, 3.63) is 51.6 Å². The van der Waals surface area contributed by atoms with Gasteiger partial charge in [0.1, 0.15) is 4.47 Å². The van der Waals surface area contributed by atoms with Crippen LogP contribution >= 0.6 is 15.9 Å². The molecule has 0 aliphatic heterocycles. The van der Waals surface area contributed by atoms with Crippen molar-refractivity contribution in [2.24, 2.45) is 0 Å². The molecule has 0 bridgehead atoms. The first-order valence-electron chi connectivity index (χ1n) is 6.21. The molecule has 0 atom stereocenters. The van der Waals surface area contributed by atoms with Crippen molar-refractivity contribution in [2.75, 3.05) is 11.9 Å². The van der Waals surface area contributed by atoms with Crippen LogP contribution in [0.25, 0.3) is 0 Å². The van der Waals surface area contributed by atoms with Gasteiger partial charge < -0.3 is 5.32 Å². The van der Waals surface area contributed by atoms with Crippen LogP contribution < -0.4 is 10.9 Å². The molecular weight excluding hydrogens is 322 g/mol. The van der Waals surface area contributed by atoms with Gasteiger partial charge in [0.25, 0.3) is 5.56 Å². The molecule has 0 saturated carbocycles. The standard InChI is InChI=1S/C13H16BrN5O/c1-3-5-19-13(20)12(14)11(8-17-19)15-4-6-18-9-10(2)7-16-18/h3,7-9,15H,1,4-6H2,2H3. The number of rotatable bonds is 6. The Morgan fingerprint density at radius 1 is 1.45 bits per heavy atom. The Bertz CT molecular complexity index is 661. The molecule has 106 valence electrons. The lowest BCUT2D eigenvalue weighted by atomic mass is 10.4. The number of allylic oxidation sites excluding steroid dienone is 1. The number of hydrogen-bond acceptors (Lipinski definition) is 4. The van der Waals surface area contributed by atoms with E-state index in [2.05, 4.69) is 38.0 Å². The molecule has 0 spiro atoms. The summed E-state index contributed by atoms with van der Waals surface area (Å²) in [6.45, 7) is 7.36. The monoisotopic (exact) mass is 337 g/mol. The van der Waals surface area contributed by atoms with Crippen molar-refractivity contribution < 1.29 is 0 Å². The molecule has 0 aliphatic carbocycles. The number of anilines is 1. The van der Waals surface area contributed by atoms with Crippen molar-refractivity contribution in [1.82, 2.24) is 19.6 Å². The number of aryl methyl sites for hydroxylation is 1. The zero-order chi connectivity index (χ0) is 14.5. The van der Waals surface area contributed by atoms with Gasteiger partial charge >= 0.3 is 0 Å². The Balaban J connectivity index is 2.01. The molecule has 1 N–H and O–H groups in total. The molecule has 0 fully saturated rings. The van der Waals surface area contributed by atoms with E-state index in [1.807, 2.05) is 24.0 Å². The van der Waals surface area contributed by atoms with Gasteiger partial charge in [0.15, 0.2) is 0 Å². The predicted molar refractivity (Wildman–Crippen MR) is 81.8 cm³/mol. The lowest BCUT2D eigenvalue weighted by Gasteiger charge is -2.09. The smallest absolute Gasteiger partial charge is 0.283 e. The Hall–Kier alpha value is -1.89. The highest BCUT2D eigenvalue weighted by molar-refractivity contribution is 9.10. The van der Waals surface area contributed by atoms with Crippen molar-refractivity contribution in [2.45, 2.75) is 20.0 Å². The Morgan fingerprint density at radius 2 is 2.25 bits per heavy atom. The minimum absolute atomic E-state index is 0.176. The summed E-state index contributed by atoms with van der Waals surface area (Å²) in [5, 5.41) is 11.4. The van der Waals surface area contributed by atoms with Crippen LogP contribution in [0.1, 0.15) is 5.56 Å². The lowest BCUT2D eigenvalue weighted by molar-refractivity contribution is 0.632. The zero-order valence-electron chi connectivity index (χ0n) is 11.2. The summed E-state index contributed by atoms with van der Waals surface area (Å²) in [6.07, 6.45) is 7.04. The maximum Gasteiger partial charge on any atom is 0.283 e. The minimum Gasteiger partial charge on any atom is -0.381 e. The van der Waals surface area contributed by atoms with Crippen LogP contribution in [0.5, 0.6) is 0 Å². The van der Waals surface area contributed by atoms with E-state index in [0.717, 1.165) is 12.1 Å². The quantitative estimate of drug-likeness (QED) is 0.816. The van der Waals surface area contributed by atoms with Crippen LogP contribution in [-0.2, 0) is 13.1 Å². The molecule has 0 unspecified atom stereocenters. The van der Waals surface area contributed by atoms with E-state index in [1.54, 1.807) is 12.3 Å². The van der Waals surface area contributed by atoms with Gasteiger partial charge in [-0.05, 0) is 28.4 Å². The van der Waals surface area contributed by atoms with E-state index >= 15 is 0 Å². The molecule has 2 rings (SSSR count). The average molecular weight is 338 g/mol. The van der Waals surface area contributed by atoms with Gasteiger partial charge in [0.05, 0.1) is 31.2 Å². The van der Waals surface area contributed by atoms with Gasteiger partial charge in [0, 0.05) is 12.7 Å². The second-order valence-corrected chi connectivity index (χ2v) is 5.15. The summed E-state index contributed by atoms with van der Waals surface area (Å²) in [6, 6.07) is 0. The van der Waals surface area contributed by atoms with Crippen molar-refractivity contribution >= 4 is 21.6 Å². The summed E-state index contributed by atoms with van der Waals surface area (Å²) in [4.78, 5) is 12.0. The average Bonchev–Trinajstić information content (AvgIpc) is 2.84. The first-order chi connectivity index (χ1) is 9.61. The van der Waals surface area contributed by atoms with Crippen LogP contribution in [0, 0.1) is 6.92 Å². The fourth-order valence-electron chi connectivity index (χ4n) is 1.73. The van der Waals surface area contributed by atoms with Crippen LogP contribution in [0.15, 0.2) is 40.5 Å². The highest BCUT2D eigenvalue weighted by atomic mass is 79.9. The number of nitrogens with zero attached hydrogens (tertiary/aromatic N) is 4. The van der Waals surface area contributed by atoms with Crippen molar-refractivity contribution in [3.63, 3.8) is 0 Å². The van der Waals surface area contributed by atoms with Gasteiger partial charge in [0.2, 0.25) is 0 Å². The van der Waals surface area contributed by atoms with E-state index in [-0.39, 0.29) is 5.56 Å². The van der Waals surface area contributed by atoms with Gasteiger partial charge in [-0.25, -0.2) is 4.68 Å². The van der Waals surface area contributed by atoms with Crippen LogP contribution in [0.4, 0.5) is 5.69 Å². The van der Waals surface area contributed by atoms with Crippen molar-refractivity contribution in [3.8, 4) is 0 Å². The van der Waals surface area contributed by atoms with Crippen LogP contribution in [0.2, 0.25) is 0 Å². The molecule has 0 radical (unpaired) electrons. The van der Waals surface area contributed by atoms with Gasteiger partial charge in [-0.1, -0.05) is 6.08 Å². The summed E-state index contributed by atoms with van der Waals surface area (Å²) in [5.74, 6) is 0. The molecular formula is C13H16BrN5O. The molecule has 0 aliphatic rings. The van der Waals surface area contributed by atoms with E-state index in [4.69, 9.17) is 0 Å². The molecule has 0 saturated heterocycles. The van der Waals surface area contributed by atoms with Gasteiger partial charge in [-0.2, -0.15) is 10.2 Å². The van der Waals surface area contributed by atoms with Crippen LogP contribution in [0.3, 0.4) is 0 Å². The summed E-state index contributed by atoms with van der Waals surface area (Å²) < 4.78 is 3.67. The molecule has 2 aromatic heterocycles. The molecule has 20 heavy (non-hydrogen) atoms. The molecule has 0 amide bonds. The van der Waals surface area contributed by atoms with E-state index in [1.165, 1.54) is 4.68 Å². The number of aromatic nitrogens is 4. The Labute approximate surface area is 125 Å². The van der Waals surface area contributed by atoms with Gasteiger partial charge in [-0.15, -0.1) is 6.58 Å². The second-order valence-electron chi connectivity index (χ2n) is 4.36. The molecule has 0 aromatic carbocycles. The normalized spacial score (nSPS) is 10.5. The third kappa shape index (κ3) is 3.36. The molecule has 6 nitrogen and oxygen atoms in total.